The zero-order valence-corrected chi connectivity index (χ0v) is 8.58. The molecule has 0 aromatic heterocycles. The molecule has 1 amide bonds. The molecule has 0 atom stereocenters. The van der Waals surface area contributed by atoms with E-state index in [2.05, 4.69) is 5.32 Å². The van der Waals surface area contributed by atoms with Gasteiger partial charge in [0.1, 0.15) is 0 Å². The molecule has 1 aromatic rings. The number of carbonyl (C=O) groups excluding carboxylic acids is 1. The van der Waals surface area contributed by atoms with E-state index in [1.807, 2.05) is 23.1 Å². The summed E-state index contributed by atoms with van der Waals surface area (Å²) in [6.07, 6.45) is 2.27. The van der Waals surface area contributed by atoms with Gasteiger partial charge in [0, 0.05) is 24.8 Å². The smallest absolute Gasteiger partial charge is 0.221 e. The minimum Gasteiger partial charge on any atom is -0.332 e. The van der Waals surface area contributed by atoms with E-state index in [1.54, 1.807) is 0 Å². The maximum absolute atomic E-state index is 10.9. The third-order valence-electron chi connectivity index (χ3n) is 2.49. The number of nitrogens with one attached hydrogen (secondary N) is 2. The fourth-order valence-corrected chi connectivity index (χ4v) is 1.84. The molecule has 0 saturated heterocycles. The Kier molecular flexibility index (Phi) is 2.41. The second-order valence-electron chi connectivity index (χ2n) is 3.60. The second-order valence-corrected chi connectivity index (χ2v) is 3.60. The Labute approximate surface area is 88.4 Å². The molecular formula is C11H13N3O. The number of rotatable bonds is 2. The highest BCUT2D eigenvalue weighted by Gasteiger charge is 2.17. The number of nitrogens with zero attached hydrogens (tertiary/aromatic N) is 1. The van der Waals surface area contributed by atoms with Gasteiger partial charge in [0.05, 0.1) is 6.34 Å². The first-order chi connectivity index (χ1) is 7.20. The van der Waals surface area contributed by atoms with Crippen LogP contribution in [0, 0.1) is 5.41 Å². The van der Waals surface area contributed by atoms with E-state index in [4.69, 9.17) is 5.41 Å². The summed E-state index contributed by atoms with van der Waals surface area (Å²) in [5.74, 6) is -0.0585. The summed E-state index contributed by atoms with van der Waals surface area (Å²) in [6, 6.07) is 5.78. The van der Waals surface area contributed by atoms with Crippen LogP contribution < -0.4 is 10.2 Å². The minimum atomic E-state index is -0.0585. The Morgan fingerprint density at radius 1 is 1.60 bits per heavy atom. The Morgan fingerprint density at radius 3 is 3.07 bits per heavy atom. The van der Waals surface area contributed by atoms with Crippen molar-refractivity contribution in [3.05, 3.63) is 23.8 Å². The maximum atomic E-state index is 10.9. The Morgan fingerprint density at radius 2 is 2.40 bits per heavy atom. The number of hydrogen-bond donors (Lipinski definition) is 2. The summed E-state index contributed by atoms with van der Waals surface area (Å²) in [6.45, 7) is 2.35. The number of fused-ring (bicyclic) bond motifs is 1. The molecule has 0 fully saturated rings. The van der Waals surface area contributed by atoms with E-state index in [9.17, 15) is 4.79 Å². The molecule has 0 saturated carbocycles. The quantitative estimate of drug-likeness (QED) is 0.566. The van der Waals surface area contributed by atoms with Gasteiger partial charge in [0.25, 0.3) is 0 Å². The zero-order valence-electron chi connectivity index (χ0n) is 8.58. The largest absolute Gasteiger partial charge is 0.332 e. The van der Waals surface area contributed by atoms with Gasteiger partial charge in [-0.05, 0) is 30.2 Å². The molecular weight excluding hydrogens is 190 g/mol. The van der Waals surface area contributed by atoms with E-state index in [0.29, 0.717) is 0 Å². The lowest BCUT2D eigenvalue weighted by Crippen LogP contribution is -2.16. The second kappa shape index (κ2) is 3.73. The molecule has 0 unspecified atom stereocenters. The summed E-state index contributed by atoms with van der Waals surface area (Å²) in [5.41, 5.74) is 3.08. The van der Waals surface area contributed by atoms with Crippen molar-refractivity contribution in [2.45, 2.75) is 13.3 Å². The van der Waals surface area contributed by atoms with Crippen LogP contribution in [0.4, 0.5) is 11.4 Å². The molecule has 4 nitrogen and oxygen atoms in total. The van der Waals surface area contributed by atoms with Crippen LogP contribution in [0.15, 0.2) is 18.2 Å². The van der Waals surface area contributed by atoms with Crippen molar-refractivity contribution in [3.63, 3.8) is 0 Å². The van der Waals surface area contributed by atoms with Crippen molar-refractivity contribution in [2.24, 2.45) is 0 Å². The Hall–Kier alpha value is -1.84. The highest BCUT2D eigenvalue weighted by molar-refractivity contribution is 5.90. The zero-order chi connectivity index (χ0) is 10.8. The molecule has 0 radical (unpaired) electrons. The van der Waals surface area contributed by atoms with Crippen molar-refractivity contribution in [1.82, 2.24) is 0 Å². The molecule has 1 aromatic carbocycles. The summed E-state index contributed by atoms with van der Waals surface area (Å²) < 4.78 is 0. The first kappa shape index (κ1) is 9.71. The first-order valence-corrected chi connectivity index (χ1v) is 4.88. The first-order valence-electron chi connectivity index (χ1n) is 4.88. The van der Waals surface area contributed by atoms with Crippen molar-refractivity contribution >= 4 is 23.6 Å². The summed E-state index contributed by atoms with van der Waals surface area (Å²) >= 11 is 0. The average molecular weight is 203 g/mol. The summed E-state index contributed by atoms with van der Waals surface area (Å²) in [7, 11) is 0. The normalized spacial score (nSPS) is 13.5. The van der Waals surface area contributed by atoms with Gasteiger partial charge in [-0.2, -0.15) is 0 Å². The van der Waals surface area contributed by atoms with Crippen LogP contribution >= 0.6 is 0 Å². The molecule has 2 N–H and O–H groups in total. The fourth-order valence-electron chi connectivity index (χ4n) is 1.84. The van der Waals surface area contributed by atoms with Gasteiger partial charge in [-0.25, -0.2) is 0 Å². The summed E-state index contributed by atoms with van der Waals surface area (Å²) in [4.78, 5) is 12.8. The SMILES string of the molecule is CC(=O)Nc1ccc2c(c1)CCN2C=N. The molecule has 1 aliphatic rings. The van der Waals surface area contributed by atoms with Crippen molar-refractivity contribution in [2.75, 3.05) is 16.8 Å². The molecule has 0 bridgehead atoms. The van der Waals surface area contributed by atoms with Gasteiger partial charge in [-0.15, -0.1) is 0 Å². The van der Waals surface area contributed by atoms with Gasteiger partial charge in [-0.1, -0.05) is 0 Å². The topological polar surface area (TPSA) is 56.2 Å². The monoisotopic (exact) mass is 203 g/mol. The predicted octanol–water partition coefficient (Wildman–Crippen LogP) is 1.61. The van der Waals surface area contributed by atoms with Crippen LogP contribution in [0.3, 0.4) is 0 Å². The highest BCUT2D eigenvalue weighted by atomic mass is 16.1. The maximum Gasteiger partial charge on any atom is 0.221 e. The number of benzene rings is 1. The van der Waals surface area contributed by atoms with E-state index in [0.717, 1.165) is 24.3 Å². The number of anilines is 2. The van der Waals surface area contributed by atoms with Gasteiger partial charge >= 0.3 is 0 Å². The molecule has 78 valence electrons. The van der Waals surface area contributed by atoms with Crippen LogP contribution in [-0.2, 0) is 11.2 Å². The van der Waals surface area contributed by atoms with Gasteiger partial charge in [-0.3, -0.25) is 10.2 Å². The number of carbonyl (C=O) groups is 1. The Bertz CT molecular complexity index is 414. The molecule has 0 aliphatic carbocycles. The van der Waals surface area contributed by atoms with E-state index < -0.39 is 0 Å². The van der Waals surface area contributed by atoms with E-state index in [-0.39, 0.29) is 5.91 Å². The molecule has 4 heteroatoms. The third-order valence-corrected chi connectivity index (χ3v) is 2.49. The van der Waals surface area contributed by atoms with Crippen LogP contribution in [0.2, 0.25) is 0 Å². The van der Waals surface area contributed by atoms with Gasteiger partial charge in [0.15, 0.2) is 0 Å². The van der Waals surface area contributed by atoms with Gasteiger partial charge in [0.2, 0.25) is 5.91 Å². The average Bonchev–Trinajstić information content (AvgIpc) is 2.58. The molecule has 2 rings (SSSR count). The van der Waals surface area contributed by atoms with E-state index >= 15 is 0 Å². The Balaban J connectivity index is 2.28. The number of hydrogen-bond acceptors (Lipinski definition) is 2. The fraction of sp³-hybridized carbons (Fsp3) is 0.273. The molecule has 0 spiro atoms. The lowest BCUT2D eigenvalue weighted by atomic mass is 10.1. The third kappa shape index (κ3) is 1.83. The van der Waals surface area contributed by atoms with Gasteiger partial charge < -0.3 is 10.2 Å². The lowest BCUT2D eigenvalue weighted by molar-refractivity contribution is -0.114. The number of amides is 1. The van der Waals surface area contributed by atoms with Crippen LogP contribution in [0.25, 0.3) is 0 Å². The molecule has 15 heavy (non-hydrogen) atoms. The van der Waals surface area contributed by atoms with Crippen molar-refractivity contribution in [1.29, 1.82) is 5.41 Å². The van der Waals surface area contributed by atoms with Crippen molar-refractivity contribution < 1.29 is 4.79 Å². The van der Waals surface area contributed by atoms with Crippen LogP contribution in [0.1, 0.15) is 12.5 Å². The highest BCUT2D eigenvalue weighted by Crippen LogP contribution is 2.29. The summed E-state index contributed by atoms with van der Waals surface area (Å²) in [5, 5.41) is 9.98. The van der Waals surface area contributed by atoms with E-state index in [1.165, 1.54) is 18.8 Å². The van der Waals surface area contributed by atoms with Crippen LogP contribution in [0.5, 0.6) is 0 Å². The molecule has 1 aliphatic heterocycles. The minimum absolute atomic E-state index is 0.0585. The van der Waals surface area contributed by atoms with Crippen molar-refractivity contribution in [3.8, 4) is 0 Å². The molecule has 1 heterocycles. The van der Waals surface area contributed by atoms with Crippen LogP contribution in [-0.4, -0.2) is 18.8 Å². The lowest BCUT2D eigenvalue weighted by Gasteiger charge is -2.12. The standard InChI is InChI=1S/C11H13N3O/c1-8(15)13-10-2-3-11-9(6-10)4-5-14(11)7-12/h2-3,6-7,12H,4-5H2,1H3,(H,13,15). The predicted molar refractivity (Wildman–Crippen MR) is 60.6 cm³/mol.